The first-order valence-corrected chi connectivity index (χ1v) is 4.01. The Hall–Kier alpha value is 0.390. The standard InChI is InChI=1S/C6H16NP/c1-3-4-5-7(2)6-8/h3-6,8H2,1-2H3. The molecule has 0 fully saturated rings. The van der Waals surface area contributed by atoms with E-state index in [-0.39, 0.29) is 0 Å². The van der Waals surface area contributed by atoms with Crippen LogP contribution in [0.1, 0.15) is 19.8 Å². The fraction of sp³-hybridized carbons (Fsp3) is 1.00. The maximum atomic E-state index is 2.71. The van der Waals surface area contributed by atoms with Crippen molar-refractivity contribution in [3.8, 4) is 0 Å². The van der Waals surface area contributed by atoms with Crippen LogP contribution in [0.2, 0.25) is 0 Å². The molecule has 0 heterocycles. The Labute approximate surface area is 54.7 Å². The highest BCUT2D eigenvalue weighted by Gasteiger charge is 1.89. The zero-order chi connectivity index (χ0) is 6.41. The van der Waals surface area contributed by atoms with Crippen molar-refractivity contribution >= 4 is 9.24 Å². The first-order chi connectivity index (χ1) is 3.81. The topological polar surface area (TPSA) is 3.24 Å². The quantitative estimate of drug-likeness (QED) is 0.526. The molecule has 0 saturated carbocycles. The van der Waals surface area contributed by atoms with E-state index in [0.29, 0.717) is 0 Å². The molecule has 0 aromatic rings. The summed E-state index contributed by atoms with van der Waals surface area (Å²) in [4.78, 5) is 2.30. The van der Waals surface area contributed by atoms with E-state index in [4.69, 9.17) is 0 Å². The molecule has 0 saturated heterocycles. The van der Waals surface area contributed by atoms with Crippen molar-refractivity contribution in [3.63, 3.8) is 0 Å². The molecular formula is C6H16NP. The van der Waals surface area contributed by atoms with Crippen molar-refractivity contribution in [1.82, 2.24) is 4.90 Å². The molecule has 50 valence electrons. The molecule has 1 atom stereocenters. The van der Waals surface area contributed by atoms with Gasteiger partial charge >= 0.3 is 0 Å². The number of hydrogen-bond acceptors (Lipinski definition) is 1. The first-order valence-electron chi connectivity index (χ1n) is 3.20. The van der Waals surface area contributed by atoms with E-state index in [0.717, 1.165) is 6.29 Å². The summed E-state index contributed by atoms with van der Waals surface area (Å²) in [5.74, 6) is 0. The summed E-state index contributed by atoms with van der Waals surface area (Å²) in [5, 5.41) is 0. The highest BCUT2D eigenvalue weighted by Crippen LogP contribution is 1.93. The van der Waals surface area contributed by atoms with Crippen LogP contribution < -0.4 is 0 Å². The van der Waals surface area contributed by atoms with Crippen LogP contribution in [0.5, 0.6) is 0 Å². The van der Waals surface area contributed by atoms with Crippen LogP contribution in [-0.2, 0) is 0 Å². The normalized spacial score (nSPS) is 10.5. The molecule has 0 N–H and O–H groups in total. The molecule has 0 aromatic heterocycles. The van der Waals surface area contributed by atoms with Crippen molar-refractivity contribution in [2.45, 2.75) is 19.8 Å². The molecule has 0 bridgehead atoms. The third kappa shape index (κ3) is 4.55. The minimum absolute atomic E-state index is 1.10. The summed E-state index contributed by atoms with van der Waals surface area (Å²) in [6.45, 7) is 3.46. The summed E-state index contributed by atoms with van der Waals surface area (Å²) in [5.41, 5.74) is 0. The van der Waals surface area contributed by atoms with Gasteiger partial charge in [-0.3, -0.25) is 0 Å². The summed E-state index contributed by atoms with van der Waals surface area (Å²) in [6.07, 6.45) is 3.72. The molecule has 0 aromatic carbocycles. The average molecular weight is 133 g/mol. The number of hydrogen-bond donors (Lipinski definition) is 0. The minimum atomic E-state index is 1.10. The number of unbranched alkanes of at least 4 members (excludes halogenated alkanes) is 1. The van der Waals surface area contributed by atoms with Crippen molar-refractivity contribution in [2.75, 3.05) is 19.9 Å². The molecule has 0 amide bonds. The predicted octanol–water partition coefficient (Wildman–Crippen LogP) is 1.55. The van der Waals surface area contributed by atoms with Crippen LogP contribution in [0, 0.1) is 0 Å². The van der Waals surface area contributed by atoms with Gasteiger partial charge in [0.1, 0.15) is 0 Å². The fourth-order valence-electron chi connectivity index (χ4n) is 0.519. The summed E-state index contributed by atoms with van der Waals surface area (Å²) >= 11 is 0. The van der Waals surface area contributed by atoms with Gasteiger partial charge in [-0.25, -0.2) is 0 Å². The lowest BCUT2D eigenvalue weighted by atomic mass is 10.3. The van der Waals surface area contributed by atoms with E-state index < -0.39 is 0 Å². The monoisotopic (exact) mass is 133 g/mol. The van der Waals surface area contributed by atoms with E-state index in [1.807, 2.05) is 0 Å². The maximum Gasteiger partial charge on any atom is 0.0123 e. The third-order valence-corrected chi connectivity index (χ3v) is 1.83. The van der Waals surface area contributed by atoms with Crippen LogP contribution in [0.3, 0.4) is 0 Å². The number of rotatable bonds is 4. The Morgan fingerprint density at radius 1 is 1.50 bits per heavy atom. The van der Waals surface area contributed by atoms with Crippen LogP contribution >= 0.6 is 9.24 Å². The lowest BCUT2D eigenvalue weighted by Crippen LogP contribution is -2.16. The third-order valence-electron chi connectivity index (χ3n) is 1.21. The molecule has 0 aliphatic heterocycles. The second kappa shape index (κ2) is 5.53. The molecule has 0 rings (SSSR count). The Morgan fingerprint density at radius 2 is 2.12 bits per heavy atom. The van der Waals surface area contributed by atoms with Crippen LogP contribution in [0.4, 0.5) is 0 Å². The van der Waals surface area contributed by atoms with Crippen molar-refractivity contribution in [2.24, 2.45) is 0 Å². The van der Waals surface area contributed by atoms with Crippen LogP contribution in [0.15, 0.2) is 0 Å². The number of nitrogens with zero attached hydrogens (tertiary/aromatic N) is 1. The van der Waals surface area contributed by atoms with E-state index >= 15 is 0 Å². The average Bonchev–Trinajstić information content (AvgIpc) is 1.83. The highest BCUT2D eigenvalue weighted by atomic mass is 31.0. The summed E-state index contributed by atoms with van der Waals surface area (Å²) in [6, 6.07) is 0. The lowest BCUT2D eigenvalue weighted by molar-refractivity contribution is 0.383. The van der Waals surface area contributed by atoms with Gasteiger partial charge in [-0.2, -0.15) is 0 Å². The Morgan fingerprint density at radius 3 is 2.50 bits per heavy atom. The molecule has 1 nitrogen and oxygen atoms in total. The van der Waals surface area contributed by atoms with Gasteiger partial charge in [0.15, 0.2) is 0 Å². The maximum absolute atomic E-state index is 2.71. The zero-order valence-corrected chi connectivity index (χ0v) is 7.01. The van der Waals surface area contributed by atoms with Gasteiger partial charge in [-0.05, 0) is 20.0 Å². The second-order valence-electron chi connectivity index (χ2n) is 2.12. The van der Waals surface area contributed by atoms with Crippen molar-refractivity contribution in [3.05, 3.63) is 0 Å². The van der Waals surface area contributed by atoms with Gasteiger partial charge in [0, 0.05) is 6.29 Å². The Kier molecular flexibility index (Phi) is 5.79. The Balaban J connectivity index is 2.86. The van der Waals surface area contributed by atoms with E-state index in [2.05, 4.69) is 28.1 Å². The van der Waals surface area contributed by atoms with Gasteiger partial charge in [0.25, 0.3) is 0 Å². The molecule has 2 heteroatoms. The van der Waals surface area contributed by atoms with Gasteiger partial charge in [0.05, 0.1) is 0 Å². The molecule has 0 aliphatic carbocycles. The highest BCUT2D eigenvalue weighted by molar-refractivity contribution is 7.16. The van der Waals surface area contributed by atoms with E-state index in [1.165, 1.54) is 19.4 Å². The van der Waals surface area contributed by atoms with E-state index in [1.54, 1.807) is 0 Å². The fourth-order valence-corrected chi connectivity index (χ4v) is 0.702. The molecule has 8 heavy (non-hydrogen) atoms. The van der Waals surface area contributed by atoms with Gasteiger partial charge in [0.2, 0.25) is 0 Å². The Bertz CT molecular complexity index is 47.8. The second-order valence-corrected chi connectivity index (χ2v) is 2.48. The molecule has 0 aliphatic rings. The van der Waals surface area contributed by atoms with Gasteiger partial charge < -0.3 is 4.90 Å². The molecule has 0 spiro atoms. The smallest absolute Gasteiger partial charge is 0.0123 e. The SMILES string of the molecule is CCCCN(C)CP. The van der Waals surface area contributed by atoms with Gasteiger partial charge in [-0.15, -0.1) is 9.24 Å². The summed E-state index contributed by atoms with van der Waals surface area (Å²) in [7, 11) is 4.86. The lowest BCUT2D eigenvalue weighted by Gasteiger charge is -2.11. The van der Waals surface area contributed by atoms with Crippen molar-refractivity contribution in [1.29, 1.82) is 0 Å². The molecule has 0 radical (unpaired) electrons. The van der Waals surface area contributed by atoms with Crippen molar-refractivity contribution < 1.29 is 0 Å². The van der Waals surface area contributed by atoms with Crippen LogP contribution in [-0.4, -0.2) is 24.8 Å². The predicted molar refractivity (Wildman–Crippen MR) is 42.1 cm³/mol. The summed E-state index contributed by atoms with van der Waals surface area (Å²) < 4.78 is 0. The minimum Gasteiger partial charge on any atom is -0.303 e. The largest absolute Gasteiger partial charge is 0.303 e. The molecule has 1 unspecified atom stereocenters. The van der Waals surface area contributed by atoms with E-state index in [9.17, 15) is 0 Å². The molecular weight excluding hydrogens is 117 g/mol. The van der Waals surface area contributed by atoms with Crippen LogP contribution in [0.25, 0.3) is 0 Å². The van der Waals surface area contributed by atoms with Gasteiger partial charge in [-0.1, -0.05) is 13.3 Å². The first kappa shape index (κ1) is 8.39. The zero-order valence-electron chi connectivity index (χ0n) is 5.85.